The highest BCUT2D eigenvalue weighted by molar-refractivity contribution is 6.33. The molecule has 1 atom stereocenters. The Morgan fingerprint density at radius 3 is 2.61 bits per heavy atom. The number of aliphatic hydroxyl groups excluding tert-OH is 1. The predicted octanol–water partition coefficient (Wildman–Crippen LogP) is 3.26. The van der Waals surface area contributed by atoms with E-state index in [1.54, 1.807) is 6.92 Å². The van der Waals surface area contributed by atoms with Crippen molar-refractivity contribution in [2.45, 2.75) is 26.9 Å². The van der Waals surface area contributed by atoms with Crippen LogP contribution in [-0.4, -0.2) is 31.4 Å². The second-order valence-corrected chi connectivity index (χ2v) is 4.57. The molecule has 0 radical (unpaired) electrons. The van der Waals surface area contributed by atoms with Crippen LogP contribution < -0.4 is 4.90 Å². The van der Waals surface area contributed by atoms with E-state index in [0.717, 1.165) is 30.9 Å². The van der Waals surface area contributed by atoms with Crippen molar-refractivity contribution in [1.82, 2.24) is 0 Å². The Bertz CT molecular complexity index is 369. The van der Waals surface area contributed by atoms with Gasteiger partial charge in [-0.3, -0.25) is 0 Å². The number of anilines is 1. The summed E-state index contributed by atoms with van der Waals surface area (Å²) in [5, 5.41) is 10.2. The monoisotopic (exact) mass is 271 g/mol. The molecule has 0 heterocycles. The van der Waals surface area contributed by atoms with Crippen LogP contribution in [0, 0.1) is 0 Å². The molecule has 0 aliphatic rings. The summed E-state index contributed by atoms with van der Waals surface area (Å²) in [5.74, 6) is 0. The molecular weight excluding hydrogens is 250 g/mol. The Hall–Kier alpha value is -0.770. The number of hydrogen-bond acceptors (Lipinski definition) is 3. The molecule has 0 unspecified atom stereocenters. The van der Waals surface area contributed by atoms with Gasteiger partial charge in [-0.05, 0) is 38.5 Å². The molecule has 1 aromatic carbocycles. The van der Waals surface area contributed by atoms with Gasteiger partial charge in [-0.25, -0.2) is 0 Å². The smallest absolute Gasteiger partial charge is 0.0762 e. The third kappa shape index (κ3) is 4.16. The van der Waals surface area contributed by atoms with Crippen LogP contribution in [0.4, 0.5) is 5.69 Å². The number of benzene rings is 1. The van der Waals surface area contributed by atoms with Crippen LogP contribution >= 0.6 is 11.6 Å². The van der Waals surface area contributed by atoms with Gasteiger partial charge >= 0.3 is 0 Å². The van der Waals surface area contributed by atoms with Crippen LogP contribution in [0.1, 0.15) is 32.4 Å². The standard InChI is InChI=1S/C14H22ClNO2/c1-4-16(8-9-18-5-2)14-7-6-12(11(3)17)10-13(14)15/h6-7,10-11,17H,4-5,8-9H2,1-3H3/t11-/m1/s1. The van der Waals surface area contributed by atoms with E-state index in [2.05, 4.69) is 11.8 Å². The zero-order valence-electron chi connectivity index (χ0n) is 11.3. The first kappa shape index (κ1) is 15.3. The average molecular weight is 272 g/mol. The Balaban J connectivity index is 2.79. The summed E-state index contributed by atoms with van der Waals surface area (Å²) in [4.78, 5) is 2.17. The molecule has 0 aromatic heterocycles. The number of rotatable bonds is 7. The third-order valence-electron chi connectivity index (χ3n) is 2.89. The molecule has 1 aromatic rings. The molecule has 18 heavy (non-hydrogen) atoms. The maximum absolute atomic E-state index is 9.52. The van der Waals surface area contributed by atoms with Crippen LogP contribution in [0.2, 0.25) is 5.02 Å². The van der Waals surface area contributed by atoms with Crippen molar-refractivity contribution in [2.24, 2.45) is 0 Å². The molecule has 3 nitrogen and oxygen atoms in total. The van der Waals surface area contributed by atoms with Crippen LogP contribution in [-0.2, 0) is 4.74 Å². The largest absolute Gasteiger partial charge is 0.389 e. The summed E-state index contributed by atoms with van der Waals surface area (Å²) in [6.07, 6.45) is -0.491. The van der Waals surface area contributed by atoms with Crippen LogP contribution in [0.3, 0.4) is 0 Å². The fourth-order valence-electron chi connectivity index (χ4n) is 1.81. The minimum absolute atomic E-state index is 0.491. The molecule has 0 saturated carbocycles. The minimum Gasteiger partial charge on any atom is -0.389 e. The first-order chi connectivity index (χ1) is 8.60. The highest BCUT2D eigenvalue weighted by Gasteiger charge is 2.10. The fourth-order valence-corrected chi connectivity index (χ4v) is 2.12. The van der Waals surface area contributed by atoms with Crippen LogP contribution in [0.15, 0.2) is 18.2 Å². The van der Waals surface area contributed by atoms with E-state index in [1.807, 2.05) is 25.1 Å². The molecule has 4 heteroatoms. The van der Waals surface area contributed by atoms with E-state index < -0.39 is 6.10 Å². The summed E-state index contributed by atoms with van der Waals surface area (Å²) < 4.78 is 5.36. The molecule has 0 spiro atoms. The van der Waals surface area contributed by atoms with Crippen molar-refractivity contribution in [3.05, 3.63) is 28.8 Å². The summed E-state index contributed by atoms with van der Waals surface area (Å²) >= 11 is 6.27. The SMILES string of the molecule is CCOCCN(CC)c1ccc([C@@H](C)O)cc1Cl. The van der Waals surface area contributed by atoms with Crippen molar-refractivity contribution in [2.75, 3.05) is 31.2 Å². The fraction of sp³-hybridized carbons (Fsp3) is 0.571. The Morgan fingerprint density at radius 2 is 2.11 bits per heavy atom. The lowest BCUT2D eigenvalue weighted by molar-refractivity contribution is 0.154. The maximum atomic E-state index is 9.52. The molecule has 102 valence electrons. The average Bonchev–Trinajstić information content (AvgIpc) is 2.35. The first-order valence-corrected chi connectivity index (χ1v) is 6.78. The number of aliphatic hydroxyl groups is 1. The Labute approximate surface area is 114 Å². The van der Waals surface area contributed by atoms with Crippen LogP contribution in [0.25, 0.3) is 0 Å². The number of likely N-dealkylation sites (N-methyl/N-ethyl adjacent to an activating group) is 1. The quantitative estimate of drug-likeness (QED) is 0.773. The van der Waals surface area contributed by atoms with Gasteiger partial charge in [0.2, 0.25) is 0 Å². The maximum Gasteiger partial charge on any atom is 0.0762 e. The Morgan fingerprint density at radius 1 is 1.39 bits per heavy atom. The van der Waals surface area contributed by atoms with Gasteiger partial charge in [0.25, 0.3) is 0 Å². The molecule has 0 bridgehead atoms. The van der Waals surface area contributed by atoms with Gasteiger partial charge in [-0.2, -0.15) is 0 Å². The molecule has 1 N–H and O–H groups in total. The summed E-state index contributed by atoms with van der Waals surface area (Å²) in [7, 11) is 0. The van der Waals surface area contributed by atoms with Crippen LogP contribution in [0.5, 0.6) is 0 Å². The van der Waals surface area contributed by atoms with Gasteiger partial charge in [0.1, 0.15) is 0 Å². The second kappa shape index (κ2) is 7.62. The second-order valence-electron chi connectivity index (χ2n) is 4.16. The van der Waals surface area contributed by atoms with Gasteiger partial charge in [0, 0.05) is 19.7 Å². The molecule has 1 rings (SSSR count). The zero-order valence-corrected chi connectivity index (χ0v) is 12.1. The highest BCUT2D eigenvalue weighted by Crippen LogP contribution is 2.28. The normalized spacial score (nSPS) is 12.5. The van der Waals surface area contributed by atoms with Gasteiger partial charge < -0.3 is 14.7 Å². The lowest BCUT2D eigenvalue weighted by Crippen LogP contribution is -2.27. The van der Waals surface area contributed by atoms with E-state index in [1.165, 1.54) is 0 Å². The van der Waals surface area contributed by atoms with E-state index in [-0.39, 0.29) is 0 Å². The lowest BCUT2D eigenvalue weighted by atomic mass is 10.1. The van der Waals surface area contributed by atoms with Gasteiger partial charge in [-0.1, -0.05) is 17.7 Å². The third-order valence-corrected chi connectivity index (χ3v) is 3.19. The van der Waals surface area contributed by atoms with Crippen molar-refractivity contribution >= 4 is 17.3 Å². The molecule has 0 fully saturated rings. The van der Waals surface area contributed by atoms with E-state index in [4.69, 9.17) is 16.3 Å². The van der Waals surface area contributed by atoms with Gasteiger partial charge in [-0.15, -0.1) is 0 Å². The number of hydrogen-bond donors (Lipinski definition) is 1. The minimum atomic E-state index is -0.491. The molecule has 0 aliphatic heterocycles. The van der Waals surface area contributed by atoms with Crippen molar-refractivity contribution in [3.8, 4) is 0 Å². The number of ether oxygens (including phenoxy) is 1. The Kier molecular flexibility index (Phi) is 6.47. The van der Waals surface area contributed by atoms with Gasteiger partial charge in [0.15, 0.2) is 0 Å². The van der Waals surface area contributed by atoms with Gasteiger partial charge in [0.05, 0.1) is 23.4 Å². The topological polar surface area (TPSA) is 32.7 Å². The molecule has 0 amide bonds. The number of nitrogens with zero attached hydrogens (tertiary/aromatic N) is 1. The first-order valence-electron chi connectivity index (χ1n) is 6.40. The predicted molar refractivity (Wildman–Crippen MR) is 76.5 cm³/mol. The highest BCUT2D eigenvalue weighted by atomic mass is 35.5. The van der Waals surface area contributed by atoms with E-state index in [0.29, 0.717) is 11.6 Å². The number of halogens is 1. The zero-order chi connectivity index (χ0) is 13.5. The molecule has 0 aliphatic carbocycles. The van der Waals surface area contributed by atoms with Crippen molar-refractivity contribution in [3.63, 3.8) is 0 Å². The van der Waals surface area contributed by atoms with E-state index in [9.17, 15) is 5.11 Å². The summed E-state index contributed by atoms with van der Waals surface area (Å²) in [5.41, 5.74) is 1.83. The molecular formula is C14H22ClNO2. The van der Waals surface area contributed by atoms with Crippen molar-refractivity contribution < 1.29 is 9.84 Å². The lowest BCUT2D eigenvalue weighted by Gasteiger charge is -2.24. The van der Waals surface area contributed by atoms with Crippen molar-refractivity contribution in [1.29, 1.82) is 0 Å². The summed E-state index contributed by atoms with van der Waals surface area (Å²) in [6, 6.07) is 5.69. The van der Waals surface area contributed by atoms with E-state index >= 15 is 0 Å². The molecule has 0 saturated heterocycles. The summed E-state index contributed by atoms with van der Waals surface area (Å²) in [6.45, 7) is 8.92.